The normalized spacial score (nSPS) is 54.1. The van der Waals surface area contributed by atoms with E-state index in [0.29, 0.717) is 51.4 Å². The van der Waals surface area contributed by atoms with Crippen LogP contribution in [0.25, 0.3) is 0 Å². The summed E-state index contributed by atoms with van der Waals surface area (Å²) in [5.74, 6) is -0.801. The largest absolute Gasteiger partial charge is 0.432 e. The highest BCUT2D eigenvalue weighted by molar-refractivity contribution is 5.79. The van der Waals surface area contributed by atoms with Gasteiger partial charge in [-0.15, -0.1) is 0 Å². The van der Waals surface area contributed by atoms with Crippen LogP contribution in [0.4, 0.5) is 0 Å². The van der Waals surface area contributed by atoms with E-state index >= 15 is 4.79 Å². The molecule has 4 heterocycles. The number of hydrogen-bond acceptors (Lipinski definition) is 23. The third-order valence-electron chi connectivity index (χ3n) is 21.2. The summed E-state index contributed by atoms with van der Waals surface area (Å²) in [6.07, 6.45) is -21.8. The highest BCUT2D eigenvalue weighted by Crippen LogP contribution is 2.76. The molecule has 9 aliphatic rings. The van der Waals surface area contributed by atoms with Gasteiger partial charge in [-0.05, 0) is 104 Å². The molecule has 23 nitrogen and oxygen atoms in total. The van der Waals surface area contributed by atoms with Crippen LogP contribution in [0.3, 0.4) is 0 Å². The third kappa shape index (κ3) is 9.46. The van der Waals surface area contributed by atoms with E-state index < -0.39 is 166 Å². The molecule has 14 N–H and O–H groups in total. The molecule has 0 radical (unpaired) electrons. The van der Waals surface area contributed by atoms with Gasteiger partial charge in [-0.1, -0.05) is 53.2 Å². The first-order chi connectivity index (χ1) is 35.7. The fraction of sp³-hybridized carbons (Fsp3) is 0.943. The minimum atomic E-state index is -1.85. The van der Waals surface area contributed by atoms with Gasteiger partial charge in [0.1, 0.15) is 91.6 Å². The average molecular weight is 1090 g/mol. The van der Waals surface area contributed by atoms with Crippen molar-refractivity contribution in [3.63, 3.8) is 0 Å². The summed E-state index contributed by atoms with van der Waals surface area (Å²) < 4.78 is 47.5. The first-order valence-electron chi connectivity index (χ1n) is 27.4. The molecule has 5 aliphatic carbocycles. The molecular formula is C53H86O23. The first kappa shape index (κ1) is 59.0. The average Bonchev–Trinajstić information content (AvgIpc) is 3.76. The van der Waals surface area contributed by atoms with Crippen LogP contribution < -0.4 is 0 Å². The van der Waals surface area contributed by atoms with Gasteiger partial charge in [-0.2, -0.15) is 0 Å². The Balaban J connectivity index is 0.931. The van der Waals surface area contributed by atoms with Crippen LogP contribution in [0.2, 0.25) is 0 Å². The molecule has 9 rings (SSSR count). The number of esters is 1. The summed E-state index contributed by atoms with van der Waals surface area (Å²) in [6.45, 7) is 10.6. The molecule has 0 amide bonds. The second-order valence-corrected chi connectivity index (χ2v) is 25.7. The zero-order valence-corrected chi connectivity index (χ0v) is 44.4. The standard InChI is InChI=1S/C53H86O23/c1-48(2)13-15-53(47(68)76-45-41(67)38(64)34(60)28(73-45)21-69-43-39(65)36(62)32(58)25(18-54)70-43)16-14-51(5)23(24(53)17-48)7-8-30-49(3)11-10-31(50(4,22-57)29(49)9-12-52(30,51)6)74-46-42(35(61)27(20-56)72-46)75-44-40(66)37(63)33(59)26(19-55)71-44/h7,24-46,54-67H,8-22H2,1-6H3. The number of fused-ring (bicyclic) bond motifs is 7. The maximum atomic E-state index is 15.1. The Morgan fingerprint density at radius 1 is 0.566 bits per heavy atom. The second kappa shape index (κ2) is 21.6. The lowest BCUT2D eigenvalue weighted by molar-refractivity contribution is -0.334. The molecule has 0 aromatic rings. The smallest absolute Gasteiger partial charge is 0.315 e. The molecule has 4 aliphatic heterocycles. The van der Waals surface area contributed by atoms with E-state index in [4.69, 9.17) is 37.9 Å². The van der Waals surface area contributed by atoms with Crippen LogP contribution in [-0.2, 0) is 42.7 Å². The molecule has 28 unspecified atom stereocenters. The van der Waals surface area contributed by atoms with Crippen LogP contribution in [0.15, 0.2) is 11.6 Å². The molecule has 0 bridgehead atoms. The number of ether oxygens (including phenoxy) is 8. The van der Waals surface area contributed by atoms with Crippen molar-refractivity contribution in [3.8, 4) is 0 Å². The van der Waals surface area contributed by atoms with Gasteiger partial charge >= 0.3 is 5.97 Å². The molecule has 4 saturated heterocycles. The molecule has 0 aromatic carbocycles. The predicted octanol–water partition coefficient (Wildman–Crippen LogP) is -2.42. The highest BCUT2D eigenvalue weighted by atomic mass is 16.8. The summed E-state index contributed by atoms with van der Waals surface area (Å²) in [5, 5.41) is 148. The van der Waals surface area contributed by atoms with Crippen molar-refractivity contribution in [2.45, 2.75) is 229 Å². The van der Waals surface area contributed by atoms with Crippen molar-refractivity contribution in [2.24, 2.45) is 50.2 Å². The number of allylic oxidation sites excluding steroid dienone is 2. The van der Waals surface area contributed by atoms with Crippen LogP contribution in [0, 0.1) is 50.2 Å². The summed E-state index contributed by atoms with van der Waals surface area (Å²) in [7, 11) is 0. The van der Waals surface area contributed by atoms with E-state index in [1.165, 1.54) is 5.57 Å². The van der Waals surface area contributed by atoms with Gasteiger partial charge in [0.2, 0.25) is 6.29 Å². The van der Waals surface area contributed by atoms with E-state index in [-0.39, 0.29) is 46.0 Å². The Labute approximate surface area is 442 Å². The lowest BCUT2D eigenvalue weighted by Crippen LogP contribution is -2.66. The van der Waals surface area contributed by atoms with E-state index in [1.54, 1.807) is 0 Å². The minimum Gasteiger partial charge on any atom is -0.432 e. The monoisotopic (exact) mass is 1090 g/mol. The van der Waals surface area contributed by atoms with Crippen molar-refractivity contribution >= 4 is 5.97 Å². The number of aliphatic hydroxyl groups is 14. The number of rotatable bonds is 13. The molecule has 23 heteroatoms. The Kier molecular flexibility index (Phi) is 16.8. The number of aliphatic hydroxyl groups excluding tert-OH is 14. The van der Waals surface area contributed by atoms with E-state index in [9.17, 15) is 71.5 Å². The molecule has 8 fully saturated rings. The SMILES string of the molecule is CC1(C)CCC2(C(=O)OC3OC(COC4OC(CO)C(O)C(O)C4O)C(O)C(O)C3O)CCC3(C)C(=CCC4C5(C)CCC(OC6OC(CO)C(O)C6OC6OC(CO)C(O)C(O)C6O)C(C)(CO)C5CCC43C)C2C1. The van der Waals surface area contributed by atoms with Crippen molar-refractivity contribution < 1.29 is 114 Å². The molecular weight excluding hydrogens is 1000 g/mol. The third-order valence-corrected chi connectivity index (χ3v) is 21.2. The summed E-state index contributed by atoms with van der Waals surface area (Å²) in [4.78, 5) is 15.1. The first-order valence-corrected chi connectivity index (χ1v) is 27.4. The summed E-state index contributed by atoms with van der Waals surface area (Å²) >= 11 is 0. The Morgan fingerprint density at radius 2 is 1.11 bits per heavy atom. The topological polar surface area (TPSA) is 374 Å². The van der Waals surface area contributed by atoms with Gasteiger partial charge in [0.05, 0.1) is 44.6 Å². The van der Waals surface area contributed by atoms with Crippen molar-refractivity contribution in [2.75, 3.05) is 33.0 Å². The summed E-state index contributed by atoms with van der Waals surface area (Å²) in [5.41, 5.74) is -1.83. The van der Waals surface area contributed by atoms with E-state index in [1.807, 2.05) is 6.92 Å². The zero-order chi connectivity index (χ0) is 55.4. The van der Waals surface area contributed by atoms with Crippen LogP contribution in [0.5, 0.6) is 0 Å². The molecule has 28 atom stereocenters. The molecule has 0 spiro atoms. The van der Waals surface area contributed by atoms with Gasteiger partial charge in [-0.3, -0.25) is 4.79 Å². The fourth-order valence-electron chi connectivity index (χ4n) is 16.2. The molecule has 0 aromatic heterocycles. The lowest BCUT2D eigenvalue weighted by Gasteiger charge is -2.71. The molecule has 76 heavy (non-hydrogen) atoms. The van der Waals surface area contributed by atoms with Crippen LogP contribution in [-0.4, -0.2) is 233 Å². The highest BCUT2D eigenvalue weighted by Gasteiger charge is 2.71. The summed E-state index contributed by atoms with van der Waals surface area (Å²) in [6, 6.07) is 0. The van der Waals surface area contributed by atoms with Gasteiger partial charge in [0.15, 0.2) is 18.9 Å². The Bertz CT molecular complexity index is 2080. The van der Waals surface area contributed by atoms with Gasteiger partial charge in [0, 0.05) is 5.41 Å². The fourth-order valence-corrected chi connectivity index (χ4v) is 16.2. The number of carbonyl (C=O) groups is 1. The molecule has 436 valence electrons. The number of carbonyl (C=O) groups excluding carboxylic acids is 1. The van der Waals surface area contributed by atoms with Crippen molar-refractivity contribution in [1.29, 1.82) is 0 Å². The van der Waals surface area contributed by atoms with Gasteiger partial charge < -0.3 is 109 Å². The Morgan fingerprint density at radius 3 is 1.72 bits per heavy atom. The zero-order valence-electron chi connectivity index (χ0n) is 44.4. The Hall–Kier alpha value is -1.63. The van der Waals surface area contributed by atoms with Crippen molar-refractivity contribution in [1.82, 2.24) is 0 Å². The van der Waals surface area contributed by atoms with Crippen LogP contribution in [0.1, 0.15) is 106 Å². The predicted molar refractivity (Wildman–Crippen MR) is 258 cm³/mol. The number of hydrogen-bond donors (Lipinski definition) is 14. The quantitative estimate of drug-likeness (QED) is 0.0674. The van der Waals surface area contributed by atoms with E-state index in [2.05, 4.69) is 40.7 Å². The van der Waals surface area contributed by atoms with Crippen molar-refractivity contribution in [3.05, 3.63) is 11.6 Å². The van der Waals surface area contributed by atoms with E-state index in [0.717, 1.165) is 12.8 Å². The maximum Gasteiger partial charge on any atom is 0.315 e. The second-order valence-electron chi connectivity index (χ2n) is 25.7. The van der Waals surface area contributed by atoms with Gasteiger partial charge in [-0.25, -0.2) is 0 Å². The van der Waals surface area contributed by atoms with Crippen LogP contribution >= 0.6 is 0 Å². The maximum absolute atomic E-state index is 15.1. The minimum absolute atomic E-state index is 0.0707. The molecule has 4 saturated carbocycles. The lowest BCUT2D eigenvalue weighted by atomic mass is 9.33. The van der Waals surface area contributed by atoms with Gasteiger partial charge in [0.25, 0.3) is 0 Å².